The van der Waals surface area contributed by atoms with E-state index in [-0.39, 0.29) is 82.3 Å². The van der Waals surface area contributed by atoms with E-state index in [9.17, 15) is 0 Å². The second-order valence-electron chi connectivity index (χ2n) is 0.500. The summed E-state index contributed by atoms with van der Waals surface area (Å²) in [5.74, 6) is 0. The quantitative estimate of drug-likeness (QED) is 0.482. The van der Waals surface area contributed by atoms with Crippen molar-refractivity contribution in [1.82, 2.24) is 0 Å². The monoisotopic (exact) mass is 313 g/mol. The number of hydrogen-bond donors (Lipinski definition) is 0. The molecule has 1 nitrogen and oxygen atoms in total. The SMILES string of the molecule is Cl.Cl.O.[CH2-]C.[CH2-]CC.[CH3-].[CH3-].[SiH3].[Zr+4]. The standard InChI is InChI=1S/C3H7.C2H5.2CH3.2ClH.H2O.H3Si.Zr/c1-3-2;1-2;;;;;;;/h1,3H2,2H3;1H2,2H3;2*1H3;2*1H;1H2;1H3;/q4*-1;;;;;+4. The molecule has 0 aromatic heterocycles. The molecule has 0 fully saturated rings. The molecule has 0 amide bonds. The van der Waals surface area contributed by atoms with E-state index in [0.717, 1.165) is 6.42 Å². The summed E-state index contributed by atoms with van der Waals surface area (Å²) >= 11 is 0. The van der Waals surface area contributed by atoms with Gasteiger partial charge in [0.05, 0.1) is 0 Å². The van der Waals surface area contributed by atoms with Crippen molar-refractivity contribution < 1.29 is 31.7 Å². The first-order valence-corrected chi connectivity index (χ1v) is 1.91. The van der Waals surface area contributed by atoms with Crippen molar-refractivity contribution in [3.63, 3.8) is 0 Å². The first-order valence-electron chi connectivity index (χ1n) is 1.91. The average molecular weight is 315 g/mol. The zero-order chi connectivity index (χ0) is 4.71. The van der Waals surface area contributed by atoms with Crippen LogP contribution in [0.2, 0.25) is 0 Å². The van der Waals surface area contributed by atoms with Crippen LogP contribution in [0.15, 0.2) is 0 Å². The van der Waals surface area contributed by atoms with Crippen LogP contribution < -0.4 is 0 Å². The van der Waals surface area contributed by atoms with Gasteiger partial charge in [-0.15, -0.1) is 24.8 Å². The molecule has 0 aromatic carbocycles. The molecule has 2 N–H and O–H groups in total. The minimum Gasteiger partial charge on any atom is -0.412 e. The van der Waals surface area contributed by atoms with Crippen LogP contribution in [0.3, 0.4) is 0 Å². The van der Waals surface area contributed by atoms with E-state index in [1.807, 2.05) is 6.92 Å². The Balaban J connectivity index is -0.00000000138. The molecule has 12 heavy (non-hydrogen) atoms. The van der Waals surface area contributed by atoms with Crippen LogP contribution in [0, 0.1) is 28.7 Å². The van der Waals surface area contributed by atoms with E-state index in [0.29, 0.717) is 0 Å². The van der Waals surface area contributed by atoms with Gasteiger partial charge in [-0.05, 0) is 11.0 Å². The summed E-state index contributed by atoms with van der Waals surface area (Å²) < 4.78 is 0. The molecule has 0 aliphatic heterocycles. The maximum Gasteiger partial charge on any atom is 4.00 e. The van der Waals surface area contributed by atoms with Gasteiger partial charge in [-0.3, -0.25) is 0 Å². The summed E-state index contributed by atoms with van der Waals surface area (Å²) in [6.07, 6.45) is 1.00. The summed E-state index contributed by atoms with van der Waals surface area (Å²) in [7, 11) is 0. The molecule has 0 atom stereocenters. The zero-order valence-corrected chi connectivity index (χ0v) is 15.0. The van der Waals surface area contributed by atoms with E-state index in [1.54, 1.807) is 6.92 Å². The molecule has 0 aromatic rings. The minimum atomic E-state index is 0. The second kappa shape index (κ2) is 246. The summed E-state index contributed by atoms with van der Waals surface area (Å²) in [5.41, 5.74) is 0. The van der Waals surface area contributed by atoms with E-state index in [1.165, 1.54) is 0 Å². The van der Waals surface area contributed by atoms with Crippen LogP contribution in [0.5, 0.6) is 0 Å². The fraction of sp³-hybridized carbons (Fsp3) is 0.429. The second-order valence-corrected chi connectivity index (χ2v) is 0.500. The predicted octanol–water partition coefficient (Wildman–Crippen LogP) is 1.80. The Morgan fingerprint density at radius 3 is 1.00 bits per heavy atom. The maximum absolute atomic E-state index is 3.49. The largest absolute Gasteiger partial charge is 4.00 e. The van der Waals surface area contributed by atoms with Crippen molar-refractivity contribution in [2.45, 2.75) is 20.3 Å². The van der Waals surface area contributed by atoms with E-state index in [2.05, 4.69) is 13.8 Å². The summed E-state index contributed by atoms with van der Waals surface area (Å²) in [6, 6.07) is 0. The third kappa shape index (κ3) is 490. The van der Waals surface area contributed by atoms with E-state index in [4.69, 9.17) is 0 Å². The predicted molar refractivity (Wildman–Crippen MR) is 67.6 cm³/mol. The molecule has 1 radical (unpaired) electrons. The molecule has 0 saturated carbocycles. The van der Waals surface area contributed by atoms with Gasteiger partial charge in [-0.25, -0.2) is 0 Å². The first kappa shape index (κ1) is 101. The molecular weight excluding hydrogens is 290 g/mol. The summed E-state index contributed by atoms with van der Waals surface area (Å²) in [4.78, 5) is 0. The Morgan fingerprint density at radius 1 is 1.00 bits per heavy atom. The van der Waals surface area contributed by atoms with Crippen molar-refractivity contribution in [3.8, 4) is 0 Å². The molecule has 0 unspecified atom stereocenters. The fourth-order valence-electron chi connectivity index (χ4n) is 0. The maximum atomic E-state index is 3.49. The Bertz CT molecular complexity index is 21.4. The van der Waals surface area contributed by atoms with Gasteiger partial charge in [0.25, 0.3) is 0 Å². The smallest absolute Gasteiger partial charge is 0.412 e. The van der Waals surface area contributed by atoms with E-state index >= 15 is 0 Å². The third-order valence-electron chi connectivity index (χ3n) is 0. The molecule has 0 heterocycles. The zero-order valence-electron chi connectivity index (χ0n) is 8.94. The van der Waals surface area contributed by atoms with E-state index < -0.39 is 0 Å². The van der Waals surface area contributed by atoms with Gasteiger partial charge < -0.3 is 34.2 Å². The van der Waals surface area contributed by atoms with Crippen molar-refractivity contribution in [2.24, 2.45) is 0 Å². The van der Waals surface area contributed by atoms with Gasteiger partial charge in [0, 0.05) is 0 Å². The Labute approximate surface area is 116 Å². The molecular formula is C7H25Cl2OSiZr. The molecule has 0 bridgehead atoms. The van der Waals surface area contributed by atoms with Crippen LogP contribution in [-0.2, 0) is 26.2 Å². The van der Waals surface area contributed by atoms with Crippen LogP contribution >= 0.6 is 24.8 Å². The molecule has 81 valence electrons. The Kier molecular flexibility index (Phi) is 2070. The molecule has 5 heteroatoms. The number of halogens is 2. The first-order chi connectivity index (χ1) is 2.41. The molecule has 0 spiro atoms. The molecule has 0 rings (SSSR count). The number of rotatable bonds is 0. The van der Waals surface area contributed by atoms with Gasteiger partial charge in [-0.1, -0.05) is 6.92 Å². The van der Waals surface area contributed by atoms with Gasteiger partial charge in [0.2, 0.25) is 0 Å². The molecule has 0 aliphatic carbocycles. The van der Waals surface area contributed by atoms with Gasteiger partial charge in [-0.2, -0.15) is 13.3 Å². The van der Waals surface area contributed by atoms with Gasteiger partial charge >= 0.3 is 26.2 Å². The topological polar surface area (TPSA) is 31.5 Å². The van der Waals surface area contributed by atoms with Gasteiger partial charge in [0.15, 0.2) is 0 Å². The Morgan fingerprint density at radius 2 is 1.00 bits per heavy atom. The van der Waals surface area contributed by atoms with Crippen LogP contribution in [0.4, 0.5) is 0 Å². The fourth-order valence-corrected chi connectivity index (χ4v) is 0. The van der Waals surface area contributed by atoms with Crippen LogP contribution in [-0.4, -0.2) is 16.4 Å². The summed E-state index contributed by atoms with van der Waals surface area (Å²) in [5, 5.41) is 0. The normalized spacial score (nSPS) is 2.00. The average Bonchev–Trinajstić information content (AvgIpc) is 1.46. The minimum absolute atomic E-state index is 0. The number of hydrogen-bond acceptors (Lipinski definition) is 0. The molecule has 0 saturated heterocycles. The summed E-state index contributed by atoms with van der Waals surface area (Å²) in [6.45, 7) is 10.5. The van der Waals surface area contributed by atoms with Crippen molar-refractivity contribution >= 4 is 35.8 Å². The van der Waals surface area contributed by atoms with Crippen LogP contribution in [0.1, 0.15) is 20.3 Å². The van der Waals surface area contributed by atoms with Crippen molar-refractivity contribution in [3.05, 3.63) is 28.7 Å². The molecule has 0 aliphatic rings. The van der Waals surface area contributed by atoms with Crippen molar-refractivity contribution in [2.75, 3.05) is 0 Å². The van der Waals surface area contributed by atoms with Crippen LogP contribution in [0.25, 0.3) is 0 Å². The Hall–Kier alpha value is 1.64. The van der Waals surface area contributed by atoms with Crippen molar-refractivity contribution in [1.29, 1.82) is 0 Å². The van der Waals surface area contributed by atoms with Gasteiger partial charge in [0.1, 0.15) is 0 Å². The third-order valence-corrected chi connectivity index (χ3v) is 0.